The fraction of sp³-hybridized carbons (Fsp3) is 0.391. The molecule has 1 aliphatic carbocycles. The third-order valence-electron chi connectivity index (χ3n) is 5.51. The number of nitriles is 1. The lowest BCUT2D eigenvalue weighted by molar-refractivity contribution is -0.118. The molecule has 6 nitrogen and oxygen atoms in total. The molecule has 2 aromatic heterocycles. The Bertz CT molecular complexity index is 1200. The van der Waals surface area contributed by atoms with Gasteiger partial charge in [-0.2, -0.15) is 5.26 Å². The Morgan fingerprint density at radius 1 is 1.39 bits per heavy atom. The third kappa shape index (κ3) is 4.52. The van der Waals surface area contributed by atoms with Crippen molar-refractivity contribution in [2.45, 2.75) is 48.8 Å². The number of thiophene rings is 1. The number of aromatic nitrogens is 2. The predicted octanol–water partition coefficient (Wildman–Crippen LogP) is 5.93. The number of carbonyl (C=O) groups is 1. The van der Waals surface area contributed by atoms with E-state index in [9.17, 15) is 10.1 Å². The highest BCUT2D eigenvalue weighted by Gasteiger charge is 2.46. The molecule has 3 heterocycles. The van der Waals surface area contributed by atoms with Crippen molar-refractivity contribution in [1.82, 2.24) is 10.2 Å². The van der Waals surface area contributed by atoms with Crippen molar-refractivity contribution in [2.75, 3.05) is 16.4 Å². The van der Waals surface area contributed by atoms with Gasteiger partial charge >= 0.3 is 0 Å². The van der Waals surface area contributed by atoms with Gasteiger partial charge in [0.05, 0.1) is 17.6 Å². The molecular weight excluding hydrogens is 491 g/mol. The SMILES string of the molecule is C=CCSc1nnc(N2C(N)=C(C#N)C(c3sccc3SCC)C3=C2CC(C)(C)CC3=O)s1. The molecule has 1 aliphatic heterocycles. The van der Waals surface area contributed by atoms with E-state index in [1.165, 1.54) is 11.3 Å². The van der Waals surface area contributed by atoms with Crippen LogP contribution in [0.15, 0.2) is 56.0 Å². The maximum Gasteiger partial charge on any atom is 0.219 e. The number of Topliss-reactive ketones (excluding diaryl/α,β-unsaturated/α-hetero) is 1. The number of thioether (sulfide) groups is 2. The number of allylic oxidation sites excluding steroid dienone is 3. The van der Waals surface area contributed by atoms with E-state index in [4.69, 9.17) is 5.73 Å². The molecule has 2 N–H and O–H groups in total. The Morgan fingerprint density at radius 2 is 2.18 bits per heavy atom. The van der Waals surface area contributed by atoms with Crippen LogP contribution in [-0.2, 0) is 4.79 Å². The summed E-state index contributed by atoms with van der Waals surface area (Å²) in [6, 6.07) is 4.41. The fourth-order valence-corrected chi connectivity index (χ4v) is 7.96. The number of anilines is 1. The van der Waals surface area contributed by atoms with Crippen molar-refractivity contribution in [3.05, 3.63) is 51.6 Å². The Hall–Kier alpha value is -2.06. The summed E-state index contributed by atoms with van der Waals surface area (Å²) in [5.74, 6) is 1.60. The zero-order valence-electron chi connectivity index (χ0n) is 18.8. The van der Waals surface area contributed by atoms with Gasteiger partial charge in [-0.05, 0) is 29.0 Å². The second-order valence-electron chi connectivity index (χ2n) is 8.51. The second-order valence-corrected chi connectivity index (χ2v) is 13.0. The molecule has 0 saturated heterocycles. The van der Waals surface area contributed by atoms with Crippen LogP contribution >= 0.6 is 46.2 Å². The lowest BCUT2D eigenvalue weighted by Gasteiger charge is -2.42. The van der Waals surface area contributed by atoms with E-state index in [0.717, 1.165) is 31.3 Å². The number of nitrogens with zero attached hydrogens (tertiary/aromatic N) is 4. The topological polar surface area (TPSA) is 95.9 Å². The average Bonchev–Trinajstić information content (AvgIpc) is 3.40. The minimum Gasteiger partial charge on any atom is -0.384 e. The van der Waals surface area contributed by atoms with Crippen LogP contribution in [0.25, 0.3) is 0 Å². The van der Waals surface area contributed by atoms with Gasteiger partial charge in [0.2, 0.25) is 5.13 Å². The summed E-state index contributed by atoms with van der Waals surface area (Å²) in [4.78, 5) is 17.5. The molecule has 1 unspecified atom stereocenters. The maximum atomic E-state index is 13.6. The van der Waals surface area contributed by atoms with Gasteiger partial charge in [0.25, 0.3) is 0 Å². The molecule has 0 fully saturated rings. The van der Waals surface area contributed by atoms with Gasteiger partial charge in [0, 0.05) is 33.2 Å². The second kappa shape index (κ2) is 9.66. The van der Waals surface area contributed by atoms with Gasteiger partial charge in [-0.15, -0.1) is 39.9 Å². The van der Waals surface area contributed by atoms with Crippen LogP contribution in [0.3, 0.4) is 0 Å². The Balaban J connectivity index is 1.91. The molecule has 10 heteroatoms. The van der Waals surface area contributed by atoms with E-state index in [2.05, 4.69) is 49.7 Å². The fourth-order valence-electron chi connectivity index (χ4n) is 4.27. The van der Waals surface area contributed by atoms with Crippen LogP contribution in [0.5, 0.6) is 0 Å². The molecule has 0 aromatic carbocycles. The number of hydrogen-bond donors (Lipinski definition) is 1. The molecule has 0 amide bonds. The first kappa shape index (κ1) is 24.1. The van der Waals surface area contributed by atoms with E-state index in [1.807, 2.05) is 11.5 Å². The van der Waals surface area contributed by atoms with Crippen molar-refractivity contribution < 1.29 is 4.79 Å². The van der Waals surface area contributed by atoms with Crippen LogP contribution in [0.1, 0.15) is 44.4 Å². The maximum absolute atomic E-state index is 13.6. The van der Waals surface area contributed by atoms with Gasteiger partial charge in [0.15, 0.2) is 10.1 Å². The predicted molar refractivity (Wildman–Crippen MR) is 139 cm³/mol. The zero-order valence-corrected chi connectivity index (χ0v) is 22.0. The number of rotatable bonds is 7. The van der Waals surface area contributed by atoms with E-state index in [-0.39, 0.29) is 11.2 Å². The van der Waals surface area contributed by atoms with Crippen molar-refractivity contribution in [2.24, 2.45) is 11.1 Å². The van der Waals surface area contributed by atoms with E-state index in [0.29, 0.717) is 34.9 Å². The molecule has 0 bridgehead atoms. The zero-order chi connectivity index (χ0) is 23.8. The Morgan fingerprint density at radius 3 is 2.88 bits per heavy atom. The van der Waals surface area contributed by atoms with Crippen molar-refractivity contribution in [1.29, 1.82) is 5.26 Å². The first-order chi connectivity index (χ1) is 15.8. The highest BCUT2D eigenvalue weighted by Crippen LogP contribution is 2.52. The molecule has 172 valence electrons. The molecule has 33 heavy (non-hydrogen) atoms. The number of hydrogen-bond acceptors (Lipinski definition) is 10. The summed E-state index contributed by atoms with van der Waals surface area (Å²) in [6.07, 6.45) is 2.92. The quantitative estimate of drug-likeness (QED) is 0.358. The van der Waals surface area contributed by atoms with Gasteiger partial charge in [-0.1, -0.05) is 49.9 Å². The van der Waals surface area contributed by atoms with Gasteiger partial charge in [-0.25, -0.2) is 0 Å². The monoisotopic (exact) mass is 515 g/mol. The van der Waals surface area contributed by atoms with Crippen molar-refractivity contribution >= 4 is 57.1 Å². The standard InChI is InChI=1S/C23H25N5OS4/c1-5-8-32-22-27-26-21(33-22)28-14-10-23(3,4)11-15(29)18(14)17(13(12-24)20(28)25)19-16(30-6-2)7-9-31-19/h5,7,9,17H,1,6,8,10-11,25H2,2-4H3. The lowest BCUT2D eigenvalue weighted by Crippen LogP contribution is -2.42. The summed E-state index contributed by atoms with van der Waals surface area (Å²) in [5, 5.41) is 21.5. The van der Waals surface area contributed by atoms with Gasteiger partial charge in [0.1, 0.15) is 5.82 Å². The number of ketones is 1. The van der Waals surface area contributed by atoms with Gasteiger partial charge < -0.3 is 5.73 Å². The molecule has 2 aliphatic rings. The smallest absolute Gasteiger partial charge is 0.219 e. The molecule has 0 radical (unpaired) electrons. The summed E-state index contributed by atoms with van der Waals surface area (Å²) >= 11 is 6.26. The highest BCUT2D eigenvalue weighted by atomic mass is 32.2. The first-order valence-corrected chi connectivity index (χ1v) is 14.2. The van der Waals surface area contributed by atoms with E-state index in [1.54, 1.807) is 39.8 Å². The molecule has 4 rings (SSSR count). The minimum atomic E-state index is -0.443. The molecule has 0 spiro atoms. The number of nitrogens with two attached hydrogens (primary N) is 1. The lowest BCUT2D eigenvalue weighted by atomic mass is 9.70. The van der Waals surface area contributed by atoms with Crippen LogP contribution < -0.4 is 10.6 Å². The first-order valence-electron chi connectivity index (χ1n) is 10.5. The normalized spacial score (nSPS) is 20.1. The van der Waals surface area contributed by atoms with E-state index >= 15 is 0 Å². The average molecular weight is 516 g/mol. The Labute approximate surface area is 210 Å². The third-order valence-corrected chi connectivity index (χ3v) is 9.62. The summed E-state index contributed by atoms with van der Waals surface area (Å²) in [5.41, 5.74) is 8.39. The van der Waals surface area contributed by atoms with Crippen LogP contribution in [-0.4, -0.2) is 27.5 Å². The summed E-state index contributed by atoms with van der Waals surface area (Å²) in [6.45, 7) is 10.0. The van der Waals surface area contributed by atoms with Crippen LogP contribution in [0.2, 0.25) is 0 Å². The largest absolute Gasteiger partial charge is 0.384 e. The summed E-state index contributed by atoms with van der Waals surface area (Å²) < 4.78 is 0.793. The Kier molecular flexibility index (Phi) is 7.05. The van der Waals surface area contributed by atoms with Crippen LogP contribution in [0, 0.1) is 16.7 Å². The molecule has 1 atom stereocenters. The van der Waals surface area contributed by atoms with Gasteiger partial charge in [-0.3, -0.25) is 9.69 Å². The highest BCUT2D eigenvalue weighted by molar-refractivity contribution is 8.01. The van der Waals surface area contributed by atoms with E-state index < -0.39 is 5.92 Å². The van der Waals surface area contributed by atoms with Crippen molar-refractivity contribution in [3.8, 4) is 6.07 Å². The minimum absolute atomic E-state index is 0.0723. The number of carbonyl (C=O) groups excluding carboxylic acids is 1. The molecule has 2 aromatic rings. The summed E-state index contributed by atoms with van der Waals surface area (Å²) in [7, 11) is 0. The van der Waals surface area contributed by atoms with Crippen molar-refractivity contribution in [3.63, 3.8) is 0 Å². The van der Waals surface area contributed by atoms with Crippen LogP contribution in [0.4, 0.5) is 5.13 Å². The molecule has 0 saturated carbocycles. The molecular formula is C23H25N5OS4.